The molecule has 0 aliphatic heterocycles. The summed E-state index contributed by atoms with van der Waals surface area (Å²) in [6.45, 7) is 0. The third kappa shape index (κ3) is 1.95. The van der Waals surface area contributed by atoms with Crippen LogP contribution in [0, 0.1) is 0 Å². The highest BCUT2D eigenvalue weighted by atomic mass is 16.5. The summed E-state index contributed by atoms with van der Waals surface area (Å²) in [5.74, 6) is -1.20. The maximum atomic E-state index is 11.9. The minimum Gasteiger partial charge on any atom is -0.476 e. The average Bonchev–Trinajstić information content (AvgIpc) is 3.12. The van der Waals surface area contributed by atoms with Gasteiger partial charge >= 0.3 is 11.9 Å². The Hall–Kier alpha value is -3.09. The van der Waals surface area contributed by atoms with Crippen LogP contribution in [0.1, 0.15) is 21.0 Å². The van der Waals surface area contributed by atoms with Crippen LogP contribution >= 0.6 is 0 Å². The number of carbonyl (C=O) groups excluding carboxylic acids is 1. The Bertz CT molecular complexity index is 833. The molecule has 7 heteroatoms. The van der Waals surface area contributed by atoms with Crippen molar-refractivity contribution in [1.29, 1.82) is 0 Å². The van der Waals surface area contributed by atoms with Gasteiger partial charge in [-0.05, 0) is 24.3 Å². The second kappa shape index (κ2) is 4.78. The van der Waals surface area contributed by atoms with Crippen LogP contribution in [0.25, 0.3) is 17.1 Å². The maximum absolute atomic E-state index is 11.9. The number of imidazole rings is 1. The largest absolute Gasteiger partial charge is 0.476 e. The second-order valence-electron chi connectivity index (χ2n) is 4.19. The zero-order chi connectivity index (χ0) is 15.0. The summed E-state index contributed by atoms with van der Waals surface area (Å²) in [6, 6.07) is 7.95. The minimum atomic E-state index is -1.19. The van der Waals surface area contributed by atoms with Crippen LogP contribution in [0.3, 0.4) is 0 Å². The highest BCUT2D eigenvalue weighted by molar-refractivity contribution is 5.97. The first kappa shape index (κ1) is 12.9. The lowest BCUT2D eigenvalue weighted by Crippen LogP contribution is -2.08. The van der Waals surface area contributed by atoms with E-state index in [0.717, 1.165) is 0 Å². The number of pyridine rings is 1. The molecular formula is C14H10N2O5. The molecule has 0 spiro atoms. The van der Waals surface area contributed by atoms with Crippen LogP contribution in [0.15, 0.2) is 41.0 Å². The number of carboxylic acids is 1. The number of carboxylic acid groups (broad SMARTS) is 1. The lowest BCUT2D eigenvalue weighted by molar-refractivity contribution is 0.0591. The molecule has 3 heterocycles. The first-order chi connectivity index (χ1) is 10.1. The molecule has 0 aliphatic rings. The van der Waals surface area contributed by atoms with Crippen LogP contribution in [0.5, 0.6) is 0 Å². The summed E-state index contributed by atoms with van der Waals surface area (Å²) in [5.41, 5.74) is 0.297. The minimum absolute atomic E-state index is 0.160. The molecule has 7 nitrogen and oxygen atoms in total. The Morgan fingerprint density at radius 3 is 2.71 bits per heavy atom. The van der Waals surface area contributed by atoms with Gasteiger partial charge in [0.05, 0.1) is 18.9 Å². The number of hydrogen-bond donors (Lipinski definition) is 1. The van der Waals surface area contributed by atoms with Crippen molar-refractivity contribution in [3.8, 4) is 11.6 Å². The van der Waals surface area contributed by atoms with E-state index in [-0.39, 0.29) is 22.7 Å². The number of rotatable bonds is 3. The first-order valence-electron chi connectivity index (χ1n) is 6.00. The zero-order valence-corrected chi connectivity index (χ0v) is 10.9. The molecule has 0 atom stereocenters. The topological polar surface area (TPSA) is 94.0 Å². The summed E-state index contributed by atoms with van der Waals surface area (Å²) < 4.78 is 11.4. The van der Waals surface area contributed by atoms with E-state index in [4.69, 9.17) is 9.15 Å². The van der Waals surface area contributed by atoms with Crippen LogP contribution in [0.4, 0.5) is 0 Å². The van der Waals surface area contributed by atoms with Crippen LogP contribution in [-0.2, 0) is 4.74 Å². The van der Waals surface area contributed by atoms with Gasteiger partial charge in [0.1, 0.15) is 5.69 Å². The third-order valence-corrected chi connectivity index (χ3v) is 3.00. The summed E-state index contributed by atoms with van der Waals surface area (Å²) in [4.78, 5) is 27.3. The molecule has 3 aromatic rings. The molecule has 0 fully saturated rings. The molecule has 0 saturated carbocycles. The summed E-state index contributed by atoms with van der Waals surface area (Å²) in [7, 11) is 1.25. The molecule has 106 valence electrons. The van der Waals surface area contributed by atoms with Crippen molar-refractivity contribution in [3.05, 3.63) is 48.0 Å². The molecule has 0 bridgehead atoms. The van der Waals surface area contributed by atoms with Crippen LogP contribution in [-0.4, -0.2) is 33.5 Å². The number of fused-ring (bicyclic) bond motifs is 1. The number of carbonyl (C=O) groups is 2. The molecule has 21 heavy (non-hydrogen) atoms. The SMILES string of the molecule is COC(=O)c1cccc2c(C(=O)O)nc(-c3ccco3)n12. The molecule has 0 aliphatic carbocycles. The normalized spacial score (nSPS) is 10.7. The smallest absolute Gasteiger partial charge is 0.356 e. The van der Waals surface area contributed by atoms with E-state index in [1.807, 2.05) is 0 Å². The Labute approximate surface area is 118 Å². The highest BCUT2D eigenvalue weighted by Crippen LogP contribution is 2.25. The molecule has 0 saturated heterocycles. The summed E-state index contributed by atoms with van der Waals surface area (Å²) >= 11 is 0. The Kier molecular flexibility index (Phi) is 2.94. The van der Waals surface area contributed by atoms with Gasteiger partial charge in [0.25, 0.3) is 0 Å². The monoisotopic (exact) mass is 286 g/mol. The van der Waals surface area contributed by atoms with Crippen LogP contribution < -0.4 is 0 Å². The highest BCUT2D eigenvalue weighted by Gasteiger charge is 2.23. The first-order valence-corrected chi connectivity index (χ1v) is 6.00. The molecule has 0 amide bonds. The van der Waals surface area contributed by atoms with E-state index in [1.165, 1.54) is 23.8 Å². The third-order valence-electron chi connectivity index (χ3n) is 3.00. The van der Waals surface area contributed by atoms with Gasteiger partial charge in [0.15, 0.2) is 17.3 Å². The van der Waals surface area contributed by atoms with Gasteiger partial charge < -0.3 is 14.3 Å². The van der Waals surface area contributed by atoms with E-state index in [0.29, 0.717) is 5.76 Å². The Morgan fingerprint density at radius 1 is 1.29 bits per heavy atom. The molecule has 0 radical (unpaired) electrons. The van der Waals surface area contributed by atoms with E-state index in [2.05, 4.69) is 4.98 Å². The molecular weight excluding hydrogens is 276 g/mol. The van der Waals surface area contributed by atoms with E-state index in [9.17, 15) is 14.7 Å². The number of aromatic nitrogens is 2. The molecule has 0 unspecified atom stereocenters. The van der Waals surface area contributed by atoms with Gasteiger partial charge in [0, 0.05) is 0 Å². The van der Waals surface area contributed by atoms with Crippen molar-refractivity contribution in [1.82, 2.24) is 9.38 Å². The fraction of sp³-hybridized carbons (Fsp3) is 0.0714. The van der Waals surface area contributed by atoms with Crippen molar-refractivity contribution >= 4 is 17.5 Å². The second-order valence-corrected chi connectivity index (χ2v) is 4.19. The molecule has 0 aromatic carbocycles. The lowest BCUT2D eigenvalue weighted by Gasteiger charge is -2.05. The standard InChI is InChI=1S/C14H10N2O5/c1-20-14(19)9-5-2-4-8-11(13(17)18)15-12(16(8)9)10-6-3-7-21-10/h2-7H,1H3,(H,17,18). The number of esters is 1. The number of aromatic carboxylic acids is 1. The van der Waals surface area contributed by atoms with Gasteiger partial charge in [0.2, 0.25) is 0 Å². The van der Waals surface area contributed by atoms with Gasteiger partial charge in [-0.25, -0.2) is 14.6 Å². The fourth-order valence-corrected chi connectivity index (χ4v) is 2.13. The Morgan fingerprint density at radius 2 is 2.10 bits per heavy atom. The summed E-state index contributed by atoms with van der Waals surface area (Å²) in [6.07, 6.45) is 1.44. The van der Waals surface area contributed by atoms with E-state index in [1.54, 1.807) is 24.3 Å². The number of nitrogens with zero attached hydrogens (tertiary/aromatic N) is 2. The number of furan rings is 1. The van der Waals surface area contributed by atoms with Crippen molar-refractivity contribution < 1.29 is 23.8 Å². The van der Waals surface area contributed by atoms with Crippen molar-refractivity contribution in [2.75, 3.05) is 7.11 Å². The summed E-state index contributed by atoms with van der Waals surface area (Å²) in [5, 5.41) is 9.26. The Balaban J connectivity index is 2.41. The van der Waals surface area contributed by atoms with Crippen molar-refractivity contribution in [3.63, 3.8) is 0 Å². The predicted octanol–water partition coefficient (Wildman–Crippen LogP) is 2.08. The van der Waals surface area contributed by atoms with E-state index < -0.39 is 11.9 Å². The number of hydrogen-bond acceptors (Lipinski definition) is 5. The molecule has 1 N–H and O–H groups in total. The van der Waals surface area contributed by atoms with Gasteiger partial charge in [-0.1, -0.05) is 6.07 Å². The number of methoxy groups -OCH3 is 1. The lowest BCUT2D eigenvalue weighted by atomic mass is 10.3. The van der Waals surface area contributed by atoms with Gasteiger partial charge in [-0.15, -0.1) is 0 Å². The van der Waals surface area contributed by atoms with Gasteiger partial charge in [-0.3, -0.25) is 4.40 Å². The zero-order valence-electron chi connectivity index (χ0n) is 10.9. The fourth-order valence-electron chi connectivity index (χ4n) is 2.13. The van der Waals surface area contributed by atoms with Crippen LogP contribution in [0.2, 0.25) is 0 Å². The molecule has 3 aromatic heterocycles. The quantitative estimate of drug-likeness (QED) is 0.741. The number of ether oxygens (including phenoxy) is 1. The van der Waals surface area contributed by atoms with Crippen molar-refractivity contribution in [2.45, 2.75) is 0 Å². The average molecular weight is 286 g/mol. The van der Waals surface area contributed by atoms with Gasteiger partial charge in [-0.2, -0.15) is 0 Å². The van der Waals surface area contributed by atoms with Crippen molar-refractivity contribution in [2.24, 2.45) is 0 Å². The maximum Gasteiger partial charge on any atom is 0.356 e. The predicted molar refractivity (Wildman–Crippen MR) is 71.2 cm³/mol. The van der Waals surface area contributed by atoms with E-state index >= 15 is 0 Å². The molecule has 3 rings (SSSR count).